The highest BCUT2D eigenvalue weighted by molar-refractivity contribution is 6.15. The van der Waals surface area contributed by atoms with Crippen molar-refractivity contribution in [1.29, 1.82) is 0 Å². The van der Waals surface area contributed by atoms with Gasteiger partial charge in [-0.1, -0.05) is 30.3 Å². The van der Waals surface area contributed by atoms with Crippen LogP contribution in [-0.2, 0) is 4.79 Å². The van der Waals surface area contributed by atoms with Gasteiger partial charge in [-0.25, -0.2) is 4.79 Å². The molecular weight excluding hydrogens is 168 g/mol. The maximum Gasteiger partial charge on any atom is 0.336 e. The zero-order valence-electron chi connectivity index (χ0n) is 6.97. The van der Waals surface area contributed by atoms with Crippen LogP contribution in [0.5, 0.6) is 0 Å². The number of aliphatic carboxylic acids is 1. The Balaban J connectivity index is 3.03. The lowest BCUT2D eigenvalue weighted by Crippen LogP contribution is -2.00. The molecule has 0 heterocycles. The van der Waals surface area contributed by atoms with E-state index in [1.807, 2.05) is 6.07 Å². The maximum atomic E-state index is 10.7. The molecule has 0 aromatic heterocycles. The molecule has 0 aliphatic heterocycles. The summed E-state index contributed by atoms with van der Waals surface area (Å²) >= 11 is 0. The van der Waals surface area contributed by atoms with Crippen molar-refractivity contribution in [2.45, 2.75) is 0 Å². The standard InChI is InChI=1S/C10H10O3/c11-7-6-9(10(12)13)8-4-2-1-3-5-8/h1-6,11H,7H2,(H,12,13)/b9-6-. The summed E-state index contributed by atoms with van der Waals surface area (Å²) in [5.41, 5.74) is 0.729. The minimum atomic E-state index is -1.03. The second-order valence-electron chi connectivity index (χ2n) is 2.47. The third-order valence-corrected chi connectivity index (χ3v) is 1.61. The topological polar surface area (TPSA) is 57.5 Å². The number of aliphatic hydroxyl groups excluding tert-OH is 1. The van der Waals surface area contributed by atoms with Gasteiger partial charge in [0.1, 0.15) is 0 Å². The Labute approximate surface area is 76.0 Å². The Morgan fingerprint density at radius 2 is 1.92 bits per heavy atom. The lowest BCUT2D eigenvalue weighted by Gasteiger charge is -2.00. The first-order valence-corrected chi connectivity index (χ1v) is 3.85. The molecule has 2 N–H and O–H groups in total. The van der Waals surface area contributed by atoms with Crippen LogP contribution in [0.3, 0.4) is 0 Å². The van der Waals surface area contributed by atoms with Gasteiger partial charge >= 0.3 is 5.97 Å². The van der Waals surface area contributed by atoms with E-state index in [-0.39, 0.29) is 12.2 Å². The summed E-state index contributed by atoms with van der Waals surface area (Å²) in [6.07, 6.45) is 1.28. The number of carboxylic acids is 1. The normalized spacial score (nSPS) is 11.3. The summed E-state index contributed by atoms with van der Waals surface area (Å²) in [4.78, 5) is 10.7. The third-order valence-electron chi connectivity index (χ3n) is 1.61. The van der Waals surface area contributed by atoms with Gasteiger partial charge in [-0.3, -0.25) is 0 Å². The van der Waals surface area contributed by atoms with E-state index >= 15 is 0 Å². The smallest absolute Gasteiger partial charge is 0.336 e. The van der Waals surface area contributed by atoms with Crippen LogP contribution >= 0.6 is 0 Å². The quantitative estimate of drug-likeness (QED) is 0.682. The van der Waals surface area contributed by atoms with Crippen LogP contribution in [0.4, 0.5) is 0 Å². The molecule has 0 unspecified atom stereocenters. The second kappa shape index (κ2) is 4.42. The molecule has 1 aromatic carbocycles. The molecule has 1 rings (SSSR count). The predicted octanol–water partition coefficient (Wildman–Crippen LogP) is 1.15. The lowest BCUT2D eigenvalue weighted by molar-refractivity contribution is -0.130. The molecule has 3 heteroatoms. The number of carboxylic acid groups (broad SMARTS) is 1. The molecule has 0 bridgehead atoms. The Bertz CT molecular complexity index is 314. The molecule has 0 aliphatic rings. The average Bonchev–Trinajstić information content (AvgIpc) is 2.15. The SMILES string of the molecule is O=C(O)/C(=C\CO)c1ccccc1. The summed E-state index contributed by atoms with van der Waals surface area (Å²) in [7, 11) is 0. The minimum Gasteiger partial charge on any atom is -0.478 e. The van der Waals surface area contributed by atoms with Crippen LogP contribution in [0.25, 0.3) is 5.57 Å². The van der Waals surface area contributed by atoms with Crippen molar-refractivity contribution in [1.82, 2.24) is 0 Å². The molecule has 0 amide bonds. The molecule has 13 heavy (non-hydrogen) atoms. The van der Waals surface area contributed by atoms with Crippen molar-refractivity contribution in [3.8, 4) is 0 Å². The van der Waals surface area contributed by atoms with E-state index in [1.54, 1.807) is 24.3 Å². The molecule has 0 radical (unpaired) electrons. The highest BCUT2D eigenvalue weighted by atomic mass is 16.4. The lowest BCUT2D eigenvalue weighted by atomic mass is 10.1. The van der Waals surface area contributed by atoms with E-state index in [4.69, 9.17) is 10.2 Å². The molecule has 1 aromatic rings. The minimum absolute atomic E-state index is 0.128. The third kappa shape index (κ3) is 2.42. The van der Waals surface area contributed by atoms with Crippen molar-refractivity contribution in [3.63, 3.8) is 0 Å². The first-order chi connectivity index (χ1) is 6.25. The highest BCUT2D eigenvalue weighted by Gasteiger charge is 2.07. The molecule has 0 saturated carbocycles. The largest absolute Gasteiger partial charge is 0.478 e. The first kappa shape index (κ1) is 9.48. The van der Waals surface area contributed by atoms with Crippen LogP contribution in [-0.4, -0.2) is 22.8 Å². The van der Waals surface area contributed by atoms with E-state index in [1.165, 1.54) is 6.08 Å². The van der Waals surface area contributed by atoms with Crippen molar-refractivity contribution in [2.75, 3.05) is 6.61 Å². The van der Waals surface area contributed by atoms with E-state index in [0.717, 1.165) is 0 Å². The van der Waals surface area contributed by atoms with E-state index < -0.39 is 5.97 Å². The fourth-order valence-electron chi connectivity index (χ4n) is 1.04. The zero-order valence-corrected chi connectivity index (χ0v) is 6.97. The van der Waals surface area contributed by atoms with Crippen LogP contribution in [0.15, 0.2) is 36.4 Å². The highest BCUT2D eigenvalue weighted by Crippen LogP contribution is 2.13. The van der Waals surface area contributed by atoms with E-state index in [9.17, 15) is 4.79 Å². The van der Waals surface area contributed by atoms with Gasteiger partial charge in [0.25, 0.3) is 0 Å². The average molecular weight is 178 g/mol. The van der Waals surface area contributed by atoms with Crippen molar-refractivity contribution in [3.05, 3.63) is 42.0 Å². The van der Waals surface area contributed by atoms with Gasteiger partial charge in [0.05, 0.1) is 12.2 Å². The van der Waals surface area contributed by atoms with Gasteiger partial charge in [-0.2, -0.15) is 0 Å². The molecule has 68 valence electrons. The second-order valence-corrected chi connectivity index (χ2v) is 2.47. The molecule has 0 atom stereocenters. The monoisotopic (exact) mass is 178 g/mol. The Kier molecular flexibility index (Phi) is 3.23. The fourth-order valence-corrected chi connectivity index (χ4v) is 1.04. The number of benzene rings is 1. The van der Waals surface area contributed by atoms with Gasteiger partial charge in [0.2, 0.25) is 0 Å². The fraction of sp³-hybridized carbons (Fsp3) is 0.100. The summed E-state index contributed by atoms with van der Waals surface area (Å²) < 4.78 is 0. The molecule has 0 spiro atoms. The first-order valence-electron chi connectivity index (χ1n) is 3.85. The number of hydrogen-bond acceptors (Lipinski definition) is 2. The van der Waals surface area contributed by atoms with Crippen molar-refractivity contribution in [2.24, 2.45) is 0 Å². The molecule has 0 fully saturated rings. The predicted molar refractivity (Wildman–Crippen MR) is 49.1 cm³/mol. The van der Waals surface area contributed by atoms with E-state index in [2.05, 4.69) is 0 Å². The van der Waals surface area contributed by atoms with Crippen molar-refractivity contribution >= 4 is 11.5 Å². The number of aliphatic hydroxyl groups is 1. The molecule has 0 aliphatic carbocycles. The summed E-state index contributed by atoms with van der Waals surface area (Å²) in [5, 5.41) is 17.4. The van der Waals surface area contributed by atoms with Crippen LogP contribution in [0, 0.1) is 0 Å². The zero-order chi connectivity index (χ0) is 9.68. The molecule has 3 nitrogen and oxygen atoms in total. The van der Waals surface area contributed by atoms with E-state index in [0.29, 0.717) is 5.56 Å². The van der Waals surface area contributed by atoms with Gasteiger partial charge in [-0.05, 0) is 11.6 Å². The Morgan fingerprint density at radius 1 is 1.31 bits per heavy atom. The van der Waals surface area contributed by atoms with Gasteiger partial charge in [0.15, 0.2) is 0 Å². The number of hydrogen-bond donors (Lipinski definition) is 2. The summed E-state index contributed by atoms with van der Waals surface area (Å²) in [5.74, 6) is -1.03. The number of carbonyl (C=O) groups is 1. The van der Waals surface area contributed by atoms with Crippen molar-refractivity contribution < 1.29 is 15.0 Å². The Hall–Kier alpha value is -1.61. The molecular formula is C10H10O3. The van der Waals surface area contributed by atoms with Gasteiger partial charge < -0.3 is 10.2 Å². The number of rotatable bonds is 3. The maximum absolute atomic E-state index is 10.7. The van der Waals surface area contributed by atoms with Crippen LogP contribution in [0.1, 0.15) is 5.56 Å². The van der Waals surface area contributed by atoms with Gasteiger partial charge in [-0.15, -0.1) is 0 Å². The van der Waals surface area contributed by atoms with Crippen LogP contribution in [0.2, 0.25) is 0 Å². The Morgan fingerprint density at radius 3 is 2.38 bits per heavy atom. The summed E-state index contributed by atoms with van der Waals surface area (Å²) in [6.45, 7) is -0.267. The summed E-state index contributed by atoms with van der Waals surface area (Å²) in [6, 6.07) is 8.69. The molecule has 0 saturated heterocycles. The van der Waals surface area contributed by atoms with Gasteiger partial charge in [0, 0.05) is 0 Å². The van der Waals surface area contributed by atoms with Crippen LogP contribution < -0.4 is 0 Å².